The Morgan fingerprint density at radius 3 is 2.79 bits per heavy atom. The van der Waals surface area contributed by atoms with E-state index >= 15 is 0 Å². The number of nitrogens with one attached hydrogen (secondary N) is 1. The Balaban J connectivity index is 1.99. The van der Waals surface area contributed by atoms with E-state index in [0.29, 0.717) is 6.54 Å². The van der Waals surface area contributed by atoms with Crippen LogP contribution < -0.4 is 10.1 Å². The molecule has 0 aliphatic carbocycles. The van der Waals surface area contributed by atoms with Gasteiger partial charge in [0, 0.05) is 18.5 Å². The molecule has 2 N–H and O–H groups in total. The first-order valence-corrected chi connectivity index (χ1v) is 7.79. The van der Waals surface area contributed by atoms with E-state index in [-0.39, 0.29) is 12.4 Å². The van der Waals surface area contributed by atoms with Crippen molar-refractivity contribution in [3.05, 3.63) is 48.0 Å². The van der Waals surface area contributed by atoms with Crippen LogP contribution in [0.3, 0.4) is 0 Å². The molecule has 1 saturated heterocycles. The summed E-state index contributed by atoms with van der Waals surface area (Å²) in [6, 6.07) is 9.22. The highest BCUT2D eigenvalue weighted by Crippen LogP contribution is 2.34. The summed E-state index contributed by atoms with van der Waals surface area (Å²) in [7, 11) is 2.98. The highest BCUT2D eigenvalue weighted by atomic mass is 16.5. The van der Waals surface area contributed by atoms with Crippen LogP contribution in [0.5, 0.6) is 5.75 Å². The van der Waals surface area contributed by atoms with Crippen LogP contribution in [0.1, 0.15) is 17.5 Å². The minimum Gasteiger partial charge on any atom is -0.496 e. The van der Waals surface area contributed by atoms with Crippen LogP contribution in [0.15, 0.2) is 36.9 Å². The highest BCUT2D eigenvalue weighted by molar-refractivity contribution is 5.88. The lowest BCUT2D eigenvalue weighted by atomic mass is 9.89. The van der Waals surface area contributed by atoms with Gasteiger partial charge in [0.15, 0.2) is 0 Å². The zero-order chi connectivity index (χ0) is 17.3. The molecular formula is C19H21NO4. The molecule has 0 aromatic heterocycles. The van der Waals surface area contributed by atoms with Crippen molar-refractivity contribution < 1.29 is 19.4 Å². The van der Waals surface area contributed by atoms with E-state index in [1.54, 1.807) is 13.2 Å². The average Bonchev–Trinajstić information content (AvgIpc) is 3.02. The van der Waals surface area contributed by atoms with Gasteiger partial charge in [0.2, 0.25) is 0 Å². The summed E-state index contributed by atoms with van der Waals surface area (Å²) >= 11 is 0. The van der Waals surface area contributed by atoms with Gasteiger partial charge in [0.25, 0.3) is 0 Å². The van der Waals surface area contributed by atoms with Gasteiger partial charge in [-0.05, 0) is 34.5 Å². The van der Waals surface area contributed by atoms with E-state index in [1.165, 1.54) is 7.11 Å². The number of aliphatic hydroxyl groups is 1. The molecule has 0 radical (unpaired) electrons. The number of hydrogen-bond donors (Lipinski definition) is 2. The van der Waals surface area contributed by atoms with Crippen molar-refractivity contribution in [1.29, 1.82) is 0 Å². The lowest BCUT2D eigenvalue weighted by Crippen LogP contribution is -2.31. The first-order valence-electron chi connectivity index (χ1n) is 7.79. The van der Waals surface area contributed by atoms with E-state index in [2.05, 4.69) is 11.9 Å². The number of hydrogen-bond acceptors (Lipinski definition) is 5. The first kappa shape index (κ1) is 16.5. The molecule has 1 aliphatic heterocycles. The van der Waals surface area contributed by atoms with E-state index in [9.17, 15) is 9.90 Å². The second-order valence-electron chi connectivity index (χ2n) is 6.05. The monoisotopic (exact) mass is 327 g/mol. The minimum atomic E-state index is -1.10. The van der Waals surface area contributed by atoms with Crippen molar-refractivity contribution in [1.82, 2.24) is 5.32 Å². The van der Waals surface area contributed by atoms with Crippen LogP contribution in [0.25, 0.3) is 16.8 Å². The molecule has 1 heterocycles. The fraction of sp³-hybridized carbons (Fsp3) is 0.316. The number of fused-ring (bicyclic) bond motifs is 1. The van der Waals surface area contributed by atoms with Crippen molar-refractivity contribution >= 4 is 22.8 Å². The standard InChI is InChI=1S/C19H21NO4/c1-4-12-7-14-8-15(6-5-13(14)9-17(12)23-2)19(22)10-16(20-11-19)18(21)24-3/h4-9,16,20,22H,1,10-11H2,2-3H3. The molecule has 0 saturated carbocycles. The Morgan fingerprint density at radius 1 is 1.33 bits per heavy atom. The number of β-amino-alcohol motifs (C(OH)–C–C–N with tert-alkyl or cyclic N) is 1. The molecule has 2 aromatic carbocycles. The third-order valence-corrected chi connectivity index (χ3v) is 4.61. The number of esters is 1. The van der Waals surface area contributed by atoms with Crippen molar-refractivity contribution in [2.45, 2.75) is 18.1 Å². The Bertz CT molecular complexity index is 801. The minimum absolute atomic E-state index is 0.287. The van der Waals surface area contributed by atoms with Crippen molar-refractivity contribution in [3.8, 4) is 5.75 Å². The zero-order valence-corrected chi connectivity index (χ0v) is 13.8. The van der Waals surface area contributed by atoms with E-state index in [1.807, 2.05) is 30.3 Å². The van der Waals surface area contributed by atoms with Crippen LogP contribution in [0.4, 0.5) is 0 Å². The smallest absolute Gasteiger partial charge is 0.322 e. The lowest BCUT2D eigenvalue weighted by molar-refractivity contribution is -0.143. The van der Waals surface area contributed by atoms with Crippen molar-refractivity contribution in [2.75, 3.05) is 20.8 Å². The Hall–Kier alpha value is -2.37. The molecule has 1 fully saturated rings. The molecule has 3 rings (SSSR count). The largest absolute Gasteiger partial charge is 0.496 e. The van der Waals surface area contributed by atoms with Crippen LogP contribution in [-0.4, -0.2) is 37.9 Å². The normalized spacial score (nSPS) is 23.2. The molecule has 126 valence electrons. The van der Waals surface area contributed by atoms with Crippen molar-refractivity contribution in [3.63, 3.8) is 0 Å². The average molecular weight is 327 g/mol. The second-order valence-corrected chi connectivity index (χ2v) is 6.05. The maximum Gasteiger partial charge on any atom is 0.322 e. The molecule has 5 nitrogen and oxygen atoms in total. The number of ether oxygens (including phenoxy) is 2. The number of benzene rings is 2. The van der Waals surface area contributed by atoms with Gasteiger partial charge in [0.1, 0.15) is 17.4 Å². The van der Waals surface area contributed by atoms with Crippen LogP contribution >= 0.6 is 0 Å². The maximum atomic E-state index is 11.7. The number of methoxy groups -OCH3 is 2. The molecule has 0 bridgehead atoms. The number of carbonyl (C=O) groups is 1. The fourth-order valence-corrected chi connectivity index (χ4v) is 3.22. The summed E-state index contributed by atoms with van der Waals surface area (Å²) in [6.45, 7) is 4.12. The van der Waals surface area contributed by atoms with Gasteiger partial charge in [-0.25, -0.2) is 0 Å². The second kappa shape index (κ2) is 6.26. The molecular weight excluding hydrogens is 306 g/mol. The predicted molar refractivity (Wildman–Crippen MR) is 92.9 cm³/mol. The summed E-state index contributed by atoms with van der Waals surface area (Å²) in [5.74, 6) is 0.405. The van der Waals surface area contributed by atoms with Gasteiger partial charge in [-0.3, -0.25) is 4.79 Å². The van der Waals surface area contributed by atoms with Crippen LogP contribution in [-0.2, 0) is 15.1 Å². The van der Waals surface area contributed by atoms with Gasteiger partial charge in [-0.15, -0.1) is 0 Å². The fourth-order valence-electron chi connectivity index (χ4n) is 3.22. The van der Waals surface area contributed by atoms with Crippen LogP contribution in [0, 0.1) is 0 Å². The molecule has 1 aliphatic rings. The van der Waals surface area contributed by atoms with Crippen LogP contribution in [0.2, 0.25) is 0 Å². The molecule has 0 amide bonds. The molecule has 2 atom stereocenters. The predicted octanol–water partition coefficient (Wildman–Crippen LogP) is 2.21. The van der Waals surface area contributed by atoms with Gasteiger partial charge >= 0.3 is 5.97 Å². The Labute approximate surface area is 140 Å². The Morgan fingerprint density at radius 2 is 2.12 bits per heavy atom. The summed E-state index contributed by atoms with van der Waals surface area (Å²) < 4.78 is 10.1. The molecule has 0 spiro atoms. The number of carbonyl (C=O) groups excluding carboxylic acids is 1. The summed E-state index contributed by atoms with van der Waals surface area (Å²) in [6.07, 6.45) is 2.03. The molecule has 24 heavy (non-hydrogen) atoms. The third-order valence-electron chi connectivity index (χ3n) is 4.61. The molecule has 2 aromatic rings. The van der Waals surface area contributed by atoms with E-state index in [4.69, 9.17) is 9.47 Å². The third kappa shape index (κ3) is 2.77. The first-order chi connectivity index (χ1) is 11.5. The van der Waals surface area contributed by atoms with Gasteiger partial charge < -0.3 is 19.9 Å². The van der Waals surface area contributed by atoms with E-state index in [0.717, 1.165) is 27.6 Å². The quantitative estimate of drug-likeness (QED) is 0.843. The Kier molecular flexibility index (Phi) is 4.30. The highest BCUT2D eigenvalue weighted by Gasteiger charge is 2.42. The van der Waals surface area contributed by atoms with Crippen molar-refractivity contribution in [2.24, 2.45) is 0 Å². The molecule has 2 unspecified atom stereocenters. The topological polar surface area (TPSA) is 67.8 Å². The van der Waals surface area contributed by atoms with Gasteiger partial charge in [0.05, 0.1) is 14.2 Å². The zero-order valence-electron chi connectivity index (χ0n) is 13.8. The van der Waals surface area contributed by atoms with Gasteiger partial charge in [-0.1, -0.05) is 24.8 Å². The SMILES string of the molecule is C=Cc1cc2cc(C3(O)CNC(C(=O)OC)C3)ccc2cc1OC. The van der Waals surface area contributed by atoms with Gasteiger partial charge in [-0.2, -0.15) is 0 Å². The summed E-state index contributed by atoms with van der Waals surface area (Å²) in [5.41, 5.74) is 0.571. The summed E-state index contributed by atoms with van der Waals surface area (Å²) in [4.78, 5) is 11.7. The number of rotatable bonds is 4. The maximum absolute atomic E-state index is 11.7. The lowest BCUT2D eigenvalue weighted by Gasteiger charge is -2.23. The van der Waals surface area contributed by atoms with E-state index < -0.39 is 11.6 Å². The molecule has 5 heteroatoms. The summed E-state index contributed by atoms with van der Waals surface area (Å²) in [5, 5.41) is 16.0.